The summed E-state index contributed by atoms with van der Waals surface area (Å²) in [6, 6.07) is 8.24. The van der Waals surface area contributed by atoms with Gasteiger partial charge in [-0.05, 0) is 43.2 Å². The van der Waals surface area contributed by atoms with Gasteiger partial charge in [-0.25, -0.2) is 0 Å². The lowest BCUT2D eigenvalue weighted by atomic mass is 10.2. The molecule has 0 aliphatic carbocycles. The summed E-state index contributed by atoms with van der Waals surface area (Å²) in [6.45, 7) is 6.00. The van der Waals surface area contributed by atoms with E-state index in [1.807, 2.05) is 29.5 Å². The molecule has 0 aliphatic heterocycles. The van der Waals surface area contributed by atoms with E-state index in [1.54, 1.807) is 0 Å². The second-order valence-electron chi connectivity index (χ2n) is 4.29. The molecule has 0 unspecified atom stereocenters. The molecule has 0 amide bonds. The van der Waals surface area contributed by atoms with Crippen molar-refractivity contribution in [2.24, 2.45) is 0 Å². The minimum absolute atomic E-state index is 0.794. The van der Waals surface area contributed by atoms with Crippen molar-refractivity contribution in [2.75, 3.05) is 0 Å². The van der Waals surface area contributed by atoms with Gasteiger partial charge < -0.3 is 5.32 Å². The second kappa shape index (κ2) is 6.20. The van der Waals surface area contributed by atoms with E-state index in [0.717, 1.165) is 28.1 Å². The molecule has 0 spiro atoms. The van der Waals surface area contributed by atoms with Crippen molar-refractivity contribution in [2.45, 2.75) is 26.9 Å². The molecule has 0 bridgehead atoms. The van der Waals surface area contributed by atoms with E-state index in [-0.39, 0.29) is 0 Å². The molecular weight excluding hydrogens is 330 g/mol. The van der Waals surface area contributed by atoms with Gasteiger partial charge in [-0.1, -0.05) is 33.6 Å². The van der Waals surface area contributed by atoms with Gasteiger partial charge in [-0.3, -0.25) is 0 Å². The number of thiophene rings is 1. The molecular formula is C14H15BrClNS. The van der Waals surface area contributed by atoms with Gasteiger partial charge in [0.2, 0.25) is 0 Å². The van der Waals surface area contributed by atoms with E-state index in [9.17, 15) is 0 Å². The number of hydrogen-bond donors (Lipinski definition) is 1. The SMILES string of the molecule is Cc1cc(CNCc2ccc(Br)cc2Cl)sc1C. The first-order valence-electron chi connectivity index (χ1n) is 5.77. The van der Waals surface area contributed by atoms with E-state index in [0.29, 0.717) is 0 Å². The Bertz CT molecular complexity index is 531. The van der Waals surface area contributed by atoms with Gasteiger partial charge in [-0.2, -0.15) is 0 Å². The molecule has 0 saturated heterocycles. The van der Waals surface area contributed by atoms with Gasteiger partial charge in [0.1, 0.15) is 0 Å². The summed E-state index contributed by atoms with van der Waals surface area (Å²) in [5, 5.41) is 4.23. The van der Waals surface area contributed by atoms with Gasteiger partial charge in [0.15, 0.2) is 0 Å². The molecule has 0 radical (unpaired) electrons. The standard InChI is InChI=1S/C14H15BrClNS/c1-9-5-13(18-10(9)2)8-17-7-11-3-4-12(15)6-14(11)16/h3-6,17H,7-8H2,1-2H3. The summed E-state index contributed by atoms with van der Waals surface area (Å²) in [7, 11) is 0. The van der Waals surface area contributed by atoms with Crippen LogP contribution in [-0.2, 0) is 13.1 Å². The first-order valence-corrected chi connectivity index (χ1v) is 7.75. The molecule has 2 rings (SSSR count). The minimum Gasteiger partial charge on any atom is -0.308 e. The Kier molecular flexibility index (Phi) is 4.84. The number of aryl methyl sites for hydroxylation is 2. The van der Waals surface area contributed by atoms with E-state index in [4.69, 9.17) is 11.6 Å². The lowest BCUT2D eigenvalue weighted by molar-refractivity contribution is 0.701. The van der Waals surface area contributed by atoms with Crippen LogP contribution in [0.3, 0.4) is 0 Å². The summed E-state index contributed by atoms with van der Waals surface area (Å²) in [5.41, 5.74) is 2.50. The summed E-state index contributed by atoms with van der Waals surface area (Å²) in [6.07, 6.45) is 0. The smallest absolute Gasteiger partial charge is 0.0462 e. The molecule has 2 aromatic rings. The maximum absolute atomic E-state index is 6.17. The molecule has 96 valence electrons. The summed E-state index contributed by atoms with van der Waals surface area (Å²) >= 11 is 11.4. The van der Waals surface area contributed by atoms with E-state index in [1.165, 1.54) is 15.3 Å². The normalized spacial score (nSPS) is 10.9. The van der Waals surface area contributed by atoms with Crippen molar-refractivity contribution < 1.29 is 0 Å². The number of halogens is 2. The predicted octanol–water partition coefficient (Wildman–Crippen LogP) is 5.07. The molecule has 18 heavy (non-hydrogen) atoms. The third kappa shape index (κ3) is 3.58. The first kappa shape index (κ1) is 14.1. The molecule has 4 heteroatoms. The second-order valence-corrected chi connectivity index (χ2v) is 6.95. The molecule has 1 nitrogen and oxygen atoms in total. The quantitative estimate of drug-likeness (QED) is 0.816. The molecule has 1 aromatic carbocycles. The average molecular weight is 345 g/mol. The predicted molar refractivity (Wildman–Crippen MR) is 83.5 cm³/mol. The summed E-state index contributed by atoms with van der Waals surface area (Å²) in [4.78, 5) is 2.77. The zero-order chi connectivity index (χ0) is 13.1. The summed E-state index contributed by atoms with van der Waals surface area (Å²) < 4.78 is 1.01. The van der Waals surface area contributed by atoms with Gasteiger partial charge in [0.05, 0.1) is 0 Å². The van der Waals surface area contributed by atoms with Crippen molar-refractivity contribution >= 4 is 38.9 Å². The Hall–Kier alpha value is -0.350. The van der Waals surface area contributed by atoms with Crippen LogP contribution in [0.5, 0.6) is 0 Å². The van der Waals surface area contributed by atoms with E-state index < -0.39 is 0 Å². The van der Waals surface area contributed by atoms with Crippen LogP contribution < -0.4 is 5.32 Å². The first-order chi connectivity index (χ1) is 8.56. The monoisotopic (exact) mass is 343 g/mol. The molecule has 0 fully saturated rings. The average Bonchev–Trinajstić information content (AvgIpc) is 2.61. The maximum Gasteiger partial charge on any atom is 0.0462 e. The highest BCUT2D eigenvalue weighted by molar-refractivity contribution is 9.10. The van der Waals surface area contributed by atoms with Gasteiger partial charge in [0, 0.05) is 32.3 Å². The van der Waals surface area contributed by atoms with Crippen molar-refractivity contribution in [3.63, 3.8) is 0 Å². The zero-order valence-electron chi connectivity index (χ0n) is 10.4. The van der Waals surface area contributed by atoms with Crippen LogP contribution >= 0.6 is 38.9 Å². The van der Waals surface area contributed by atoms with Gasteiger partial charge >= 0.3 is 0 Å². The van der Waals surface area contributed by atoms with Crippen LogP contribution in [0.15, 0.2) is 28.7 Å². The van der Waals surface area contributed by atoms with Crippen molar-refractivity contribution in [1.82, 2.24) is 5.32 Å². The van der Waals surface area contributed by atoms with Gasteiger partial charge in [0.25, 0.3) is 0 Å². The number of nitrogens with one attached hydrogen (secondary N) is 1. The number of hydrogen-bond acceptors (Lipinski definition) is 2. The Balaban J connectivity index is 1.92. The van der Waals surface area contributed by atoms with Gasteiger partial charge in [-0.15, -0.1) is 11.3 Å². The third-order valence-corrected chi connectivity index (χ3v) is 4.84. The number of rotatable bonds is 4. The Morgan fingerprint density at radius 1 is 1.22 bits per heavy atom. The molecule has 0 atom stereocenters. The molecule has 0 saturated carbocycles. The highest BCUT2D eigenvalue weighted by Crippen LogP contribution is 2.22. The lowest BCUT2D eigenvalue weighted by Gasteiger charge is -2.06. The lowest BCUT2D eigenvalue weighted by Crippen LogP contribution is -2.12. The fourth-order valence-corrected chi connectivity index (χ4v) is 3.49. The molecule has 0 aliphatic rings. The van der Waals surface area contributed by atoms with Crippen molar-refractivity contribution in [1.29, 1.82) is 0 Å². The highest BCUT2D eigenvalue weighted by Gasteiger charge is 2.03. The fraction of sp³-hybridized carbons (Fsp3) is 0.286. The summed E-state index contributed by atoms with van der Waals surface area (Å²) in [5.74, 6) is 0. The van der Waals surface area contributed by atoms with Crippen molar-refractivity contribution in [3.8, 4) is 0 Å². The Morgan fingerprint density at radius 3 is 2.61 bits per heavy atom. The molecule has 1 aromatic heterocycles. The van der Waals surface area contributed by atoms with E-state index in [2.05, 4.69) is 41.2 Å². The van der Waals surface area contributed by atoms with Crippen LogP contribution in [0.2, 0.25) is 5.02 Å². The Morgan fingerprint density at radius 2 is 2.00 bits per heavy atom. The van der Waals surface area contributed by atoms with Crippen LogP contribution in [0.25, 0.3) is 0 Å². The highest BCUT2D eigenvalue weighted by atomic mass is 79.9. The fourth-order valence-electron chi connectivity index (χ4n) is 1.72. The largest absolute Gasteiger partial charge is 0.308 e. The molecule has 1 heterocycles. The minimum atomic E-state index is 0.794. The van der Waals surface area contributed by atoms with Crippen LogP contribution in [0, 0.1) is 13.8 Å². The van der Waals surface area contributed by atoms with Crippen molar-refractivity contribution in [3.05, 3.63) is 54.6 Å². The third-order valence-electron chi connectivity index (χ3n) is 2.85. The van der Waals surface area contributed by atoms with E-state index >= 15 is 0 Å². The van der Waals surface area contributed by atoms with Crippen LogP contribution in [-0.4, -0.2) is 0 Å². The zero-order valence-corrected chi connectivity index (χ0v) is 13.5. The van der Waals surface area contributed by atoms with Crippen LogP contribution in [0.1, 0.15) is 20.9 Å². The number of benzene rings is 1. The Labute approximate surface area is 125 Å². The topological polar surface area (TPSA) is 12.0 Å². The van der Waals surface area contributed by atoms with Crippen LogP contribution in [0.4, 0.5) is 0 Å². The maximum atomic E-state index is 6.17. The molecule has 1 N–H and O–H groups in total.